The third-order valence-corrected chi connectivity index (χ3v) is 6.12. The van der Waals surface area contributed by atoms with E-state index in [0.29, 0.717) is 25.3 Å². The number of sulfonamides is 1. The Balaban J connectivity index is 1.81. The number of methoxy groups -OCH3 is 1. The van der Waals surface area contributed by atoms with Crippen LogP contribution in [0, 0.1) is 0 Å². The lowest BCUT2D eigenvalue weighted by Gasteiger charge is -2.31. The van der Waals surface area contributed by atoms with Crippen molar-refractivity contribution in [3.8, 4) is 0 Å². The Morgan fingerprint density at radius 2 is 1.75 bits per heavy atom. The van der Waals surface area contributed by atoms with Crippen LogP contribution >= 0.6 is 0 Å². The Bertz CT molecular complexity index is 879. The predicted molar refractivity (Wildman–Crippen MR) is 105 cm³/mol. The third-order valence-electron chi connectivity index (χ3n) is 4.63. The summed E-state index contributed by atoms with van der Waals surface area (Å²) in [6.07, 6.45) is 0. The standard InChI is InChI=1S/C20H24N2O5S/c1-26-20(23)17-7-9-18(10-8-17)28(24,25)21-19(16-5-3-2-4-6-16)15-22-11-13-27-14-12-22/h2-10,19,21H,11-15H2,1H3/t19-/m0/s1. The summed E-state index contributed by atoms with van der Waals surface area (Å²) in [5, 5.41) is 0. The van der Waals surface area contributed by atoms with Gasteiger partial charge < -0.3 is 9.47 Å². The minimum absolute atomic E-state index is 0.100. The summed E-state index contributed by atoms with van der Waals surface area (Å²) in [7, 11) is -2.49. The summed E-state index contributed by atoms with van der Waals surface area (Å²) in [6, 6.07) is 14.8. The van der Waals surface area contributed by atoms with Crippen LogP contribution in [0.1, 0.15) is 22.0 Å². The van der Waals surface area contributed by atoms with Crippen LogP contribution in [0.2, 0.25) is 0 Å². The summed E-state index contributed by atoms with van der Waals surface area (Å²) in [4.78, 5) is 13.8. The number of esters is 1. The maximum absolute atomic E-state index is 12.9. The van der Waals surface area contributed by atoms with Crippen molar-refractivity contribution >= 4 is 16.0 Å². The lowest BCUT2D eigenvalue weighted by molar-refractivity contribution is 0.0345. The Kier molecular flexibility index (Phi) is 6.79. The minimum atomic E-state index is -3.77. The number of hydrogen-bond donors (Lipinski definition) is 1. The van der Waals surface area contributed by atoms with Crippen molar-refractivity contribution in [1.82, 2.24) is 9.62 Å². The second-order valence-corrected chi connectivity index (χ2v) is 8.23. The number of hydrogen-bond acceptors (Lipinski definition) is 6. The van der Waals surface area contributed by atoms with Crippen molar-refractivity contribution in [3.63, 3.8) is 0 Å². The molecule has 1 saturated heterocycles. The van der Waals surface area contributed by atoms with Crippen molar-refractivity contribution in [3.05, 3.63) is 65.7 Å². The smallest absolute Gasteiger partial charge is 0.337 e. The maximum Gasteiger partial charge on any atom is 0.337 e. The first-order chi connectivity index (χ1) is 13.5. The number of nitrogens with zero attached hydrogens (tertiary/aromatic N) is 1. The molecule has 0 aromatic heterocycles. The number of ether oxygens (including phenoxy) is 2. The molecule has 1 aliphatic rings. The van der Waals surface area contributed by atoms with Gasteiger partial charge in [0.2, 0.25) is 10.0 Å². The molecule has 1 N–H and O–H groups in total. The molecule has 8 heteroatoms. The van der Waals surface area contributed by atoms with E-state index in [0.717, 1.165) is 18.7 Å². The average molecular weight is 404 g/mol. The average Bonchev–Trinajstić information content (AvgIpc) is 2.74. The third kappa shape index (κ3) is 5.17. The van der Waals surface area contributed by atoms with E-state index < -0.39 is 22.0 Å². The lowest BCUT2D eigenvalue weighted by Crippen LogP contribution is -2.43. The fourth-order valence-corrected chi connectivity index (χ4v) is 4.30. The molecule has 0 spiro atoms. The summed E-state index contributed by atoms with van der Waals surface area (Å²) >= 11 is 0. The molecule has 7 nitrogen and oxygen atoms in total. The van der Waals surface area contributed by atoms with E-state index in [1.54, 1.807) is 0 Å². The second-order valence-electron chi connectivity index (χ2n) is 6.51. The quantitative estimate of drug-likeness (QED) is 0.709. The van der Waals surface area contributed by atoms with E-state index in [-0.39, 0.29) is 4.90 Å². The Labute approximate surface area is 165 Å². The normalized spacial score (nSPS) is 16.5. The second kappa shape index (κ2) is 9.29. The van der Waals surface area contributed by atoms with Crippen molar-refractivity contribution in [2.45, 2.75) is 10.9 Å². The highest BCUT2D eigenvalue weighted by atomic mass is 32.2. The molecular formula is C20H24N2O5S. The largest absolute Gasteiger partial charge is 0.465 e. The van der Waals surface area contributed by atoms with Crippen molar-refractivity contribution in [2.24, 2.45) is 0 Å². The van der Waals surface area contributed by atoms with E-state index in [1.807, 2.05) is 30.3 Å². The number of morpholine rings is 1. The Morgan fingerprint density at radius 1 is 1.11 bits per heavy atom. The minimum Gasteiger partial charge on any atom is -0.465 e. The number of carbonyl (C=O) groups excluding carboxylic acids is 1. The highest BCUT2D eigenvalue weighted by Gasteiger charge is 2.24. The first-order valence-corrected chi connectivity index (χ1v) is 10.5. The SMILES string of the molecule is COC(=O)c1ccc(S(=O)(=O)N[C@@H](CN2CCOCC2)c2ccccc2)cc1. The molecule has 0 radical (unpaired) electrons. The molecule has 1 atom stereocenters. The van der Waals surface area contributed by atoms with Gasteiger partial charge in [0.15, 0.2) is 0 Å². The van der Waals surface area contributed by atoms with Gasteiger partial charge in [0.25, 0.3) is 0 Å². The summed E-state index contributed by atoms with van der Waals surface area (Å²) in [5.41, 5.74) is 1.19. The molecule has 0 saturated carbocycles. The zero-order valence-electron chi connectivity index (χ0n) is 15.7. The van der Waals surface area contributed by atoms with Crippen molar-refractivity contribution in [2.75, 3.05) is 40.0 Å². The zero-order chi connectivity index (χ0) is 20.0. The van der Waals surface area contributed by atoms with E-state index >= 15 is 0 Å². The molecule has 0 bridgehead atoms. The molecule has 1 aliphatic heterocycles. The fourth-order valence-electron chi connectivity index (χ4n) is 3.08. The molecule has 0 aliphatic carbocycles. The lowest BCUT2D eigenvalue weighted by atomic mass is 10.1. The summed E-state index contributed by atoms with van der Waals surface area (Å²) in [6.45, 7) is 3.36. The van der Waals surface area contributed by atoms with E-state index in [4.69, 9.17) is 4.74 Å². The first-order valence-electron chi connectivity index (χ1n) is 9.05. The number of carbonyl (C=O) groups is 1. The maximum atomic E-state index is 12.9. The Hall–Kier alpha value is -2.26. The van der Waals surface area contributed by atoms with Gasteiger partial charge in [0, 0.05) is 19.6 Å². The van der Waals surface area contributed by atoms with Crippen LogP contribution in [0.15, 0.2) is 59.5 Å². The van der Waals surface area contributed by atoms with Crippen LogP contribution < -0.4 is 4.72 Å². The molecule has 0 unspecified atom stereocenters. The van der Waals surface area contributed by atoms with Crippen molar-refractivity contribution in [1.29, 1.82) is 0 Å². The summed E-state index contributed by atoms with van der Waals surface area (Å²) in [5.74, 6) is -0.508. The molecular weight excluding hydrogens is 380 g/mol. The van der Waals surface area contributed by atoms with Gasteiger partial charge in [-0.2, -0.15) is 0 Å². The van der Waals surface area contributed by atoms with Crippen molar-refractivity contribution < 1.29 is 22.7 Å². The van der Waals surface area contributed by atoms with Crippen LogP contribution in [0.5, 0.6) is 0 Å². The fraction of sp³-hybridized carbons (Fsp3) is 0.350. The molecule has 28 heavy (non-hydrogen) atoms. The molecule has 0 amide bonds. The van der Waals surface area contributed by atoms with Crippen LogP contribution in [-0.4, -0.2) is 59.2 Å². The summed E-state index contributed by atoms with van der Waals surface area (Å²) < 4.78 is 38.7. The topological polar surface area (TPSA) is 84.9 Å². The molecule has 3 rings (SSSR count). The monoisotopic (exact) mass is 404 g/mol. The molecule has 2 aromatic carbocycles. The molecule has 1 fully saturated rings. The molecule has 2 aromatic rings. The van der Waals surface area contributed by atoms with E-state index in [2.05, 4.69) is 14.4 Å². The van der Waals surface area contributed by atoms with Gasteiger partial charge in [-0.15, -0.1) is 0 Å². The van der Waals surface area contributed by atoms with Crippen LogP contribution in [0.3, 0.4) is 0 Å². The zero-order valence-corrected chi connectivity index (χ0v) is 16.5. The van der Waals surface area contributed by atoms with Crippen LogP contribution in [0.25, 0.3) is 0 Å². The highest BCUT2D eigenvalue weighted by molar-refractivity contribution is 7.89. The number of nitrogens with one attached hydrogen (secondary N) is 1. The van der Waals surface area contributed by atoms with Gasteiger partial charge in [-0.1, -0.05) is 30.3 Å². The van der Waals surface area contributed by atoms with E-state index in [1.165, 1.54) is 31.4 Å². The van der Waals surface area contributed by atoms with E-state index in [9.17, 15) is 13.2 Å². The van der Waals surface area contributed by atoms with Crippen LogP contribution in [-0.2, 0) is 19.5 Å². The molecule has 1 heterocycles. The molecule has 150 valence electrons. The van der Waals surface area contributed by atoms with Gasteiger partial charge in [-0.05, 0) is 29.8 Å². The van der Waals surface area contributed by atoms with Gasteiger partial charge in [0.1, 0.15) is 0 Å². The van der Waals surface area contributed by atoms with Gasteiger partial charge in [-0.25, -0.2) is 17.9 Å². The number of rotatable bonds is 7. The number of benzene rings is 2. The van der Waals surface area contributed by atoms with Gasteiger partial charge >= 0.3 is 5.97 Å². The van der Waals surface area contributed by atoms with Gasteiger partial charge in [0.05, 0.1) is 36.8 Å². The predicted octanol–water partition coefficient (Wildman–Crippen LogP) is 1.82. The van der Waals surface area contributed by atoms with Crippen LogP contribution in [0.4, 0.5) is 0 Å². The highest BCUT2D eigenvalue weighted by Crippen LogP contribution is 2.20. The first kappa shape index (κ1) is 20.5. The van der Waals surface area contributed by atoms with Gasteiger partial charge in [-0.3, -0.25) is 4.90 Å². The Morgan fingerprint density at radius 3 is 2.36 bits per heavy atom.